The molecule has 20 heavy (non-hydrogen) atoms. The number of amides is 1. The zero-order chi connectivity index (χ0) is 14.4. The van der Waals surface area contributed by atoms with E-state index in [1.165, 1.54) is 4.90 Å². The quantitative estimate of drug-likeness (QED) is 0.890. The average molecular weight is 279 g/mol. The summed E-state index contributed by atoms with van der Waals surface area (Å²) in [6.07, 6.45) is -0.146. The molecule has 1 aliphatic rings. The van der Waals surface area contributed by atoms with Gasteiger partial charge in [-0.15, -0.1) is 0 Å². The summed E-state index contributed by atoms with van der Waals surface area (Å²) in [4.78, 5) is 13.2. The molecule has 1 saturated heterocycles. The van der Waals surface area contributed by atoms with E-state index in [1.807, 2.05) is 30.3 Å². The van der Waals surface area contributed by atoms with E-state index in [-0.39, 0.29) is 19.1 Å². The minimum Gasteiger partial charge on any atom is -0.445 e. The van der Waals surface area contributed by atoms with Crippen molar-refractivity contribution >= 4 is 6.09 Å². The van der Waals surface area contributed by atoms with Crippen molar-refractivity contribution in [3.05, 3.63) is 35.9 Å². The molecule has 0 radical (unpaired) electrons. The van der Waals surface area contributed by atoms with Gasteiger partial charge in [-0.2, -0.15) is 0 Å². The van der Waals surface area contributed by atoms with Crippen molar-refractivity contribution in [1.82, 2.24) is 4.90 Å². The highest BCUT2D eigenvalue weighted by Gasteiger charge is 2.26. The minimum atomic E-state index is -0.563. The maximum absolute atomic E-state index is 11.8. The third kappa shape index (κ3) is 4.21. The van der Waals surface area contributed by atoms with Crippen LogP contribution in [-0.4, -0.2) is 49.0 Å². The highest BCUT2D eigenvalue weighted by atomic mass is 16.6. The monoisotopic (exact) mass is 279 g/mol. The first-order valence-corrected chi connectivity index (χ1v) is 6.84. The number of hydrogen-bond acceptors (Lipinski definition) is 4. The van der Waals surface area contributed by atoms with Crippen LogP contribution in [0.5, 0.6) is 0 Å². The number of nitrogens with zero attached hydrogens (tertiary/aromatic N) is 1. The third-order valence-electron chi connectivity index (χ3n) is 3.49. The Labute approximate surface area is 119 Å². The maximum Gasteiger partial charge on any atom is 0.409 e. The number of ether oxygens (including phenoxy) is 2. The third-order valence-corrected chi connectivity index (χ3v) is 3.49. The van der Waals surface area contributed by atoms with Crippen molar-refractivity contribution in [1.29, 1.82) is 0 Å². The van der Waals surface area contributed by atoms with Crippen LogP contribution in [0, 0.1) is 5.92 Å². The van der Waals surface area contributed by atoms with Crippen molar-refractivity contribution in [2.24, 2.45) is 5.92 Å². The minimum absolute atomic E-state index is 0.111. The van der Waals surface area contributed by atoms with Crippen LogP contribution in [0.15, 0.2) is 30.3 Å². The van der Waals surface area contributed by atoms with E-state index in [9.17, 15) is 9.90 Å². The zero-order valence-corrected chi connectivity index (χ0v) is 11.7. The molecule has 1 aromatic rings. The first-order chi connectivity index (χ1) is 9.66. The molecule has 2 rings (SSSR count). The Hall–Kier alpha value is -1.59. The fraction of sp³-hybridized carbons (Fsp3) is 0.533. The summed E-state index contributed by atoms with van der Waals surface area (Å²) in [5, 5.41) is 10.0. The highest BCUT2D eigenvalue weighted by Crippen LogP contribution is 2.17. The van der Waals surface area contributed by atoms with Crippen LogP contribution in [0.25, 0.3) is 0 Å². The molecule has 1 N–H and O–H groups in total. The van der Waals surface area contributed by atoms with Gasteiger partial charge in [0, 0.05) is 26.1 Å². The SMILES string of the molecule is CN(CC(O)C1CCOC1)C(=O)OCc1ccccc1. The molecule has 5 nitrogen and oxygen atoms in total. The second-order valence-corrected chi connectivity index (χ2v) is 5.11. The standard InChI is InChI=1S/C15H21NO4/c1-16(9-14(17)13-7-8-19-11-13)15(18)20-10-12-5-3-2-4-6-12/h2-6,13-14,17H,7-11H2,1H3. The summed E-state index contributed by atoms with van der Waals surface area (Å²) in [7, 11) is 1.63. The van der Waals surface area contributed by atoms with Crippen LogP contribution < -0.4 is 0 Å². The Kier molecular flexibility index (Phi) is 5.38. The molecule has 2 unspecified atom stereocenters. The van der Waals surface area contributed by atoms with Crippen molar-refractivity contribution in [2.75, 3.05) is 26.8 Å². The smallest absolute Gasteiger partial charge is 0.409 e. The van der Waals surface area contributed by atoms with E-state index in [0.29, 0.717) is 13.2 Å². The van der Waals surface area contributed by atoms with Crippen molar-refractivity contribution in [3.8, 4) is 0 Å². The fourth-order valence-corrected chi connectivity index (χ4v) is 2.19. The van der Waals surface area contributed by atoms with Gasteiger partial charge in [0.05, 0.1) is 12.7 Å². The number of benzene rings is 1. The van der Waals surface area contributed by atoms with E-state index in [2.05, 4.69) is 0 Å². The van der Waals surface area contributed by atoms with Crippen molar-refractivity contribution in [3.63, 3.8) is 0 Å². The number of carbonyl (C=O) groups is 1. The lowest BCUT2D eigenvalue weighted by molar-refractivity contribution is 0.0496. The maximum atomic E-state index is 11.8. The molecule has 0 saturated carbocycles. The molecule has 0 spiro atoms. The number of hydrogen-bond donors (Lipinski definition) is 1. The Balaban J connectivity index is 1.74. The van der Waals surface area contributed by atoms with Gasteiger partial charge < -0.3 is 19.5 Å². The van der Waals surface area contributed by atoms with Crippen LogP contribution in [-0.2, 0) is 16.1 Å². The molecule has 110 valence electrons. The Morgan fingerprint density at radius 3 is 2.90 bits per heavy atom. The summed E-state index contributed by atoms with van der Waals surface area (Å²) in [6.45, 7) is 1.76. The molecule has 1 amide bonds. The number of likely N-dealkylation sites (N-methyl/N-ethyl adjacent to an activating group) is 1. The van der Waals surface area contributed by atoms with Gasteiger partial charge in [-0.25, -0.2) is 4.79 Å². The number of aliphatic hydroxyl groups is 1. The Morgan fingerprint density at radius 2 is 2.25 bits per heavy atom. The topological polar surface area (TPSA) is 59.0 Å². The molecule has 1 aliphatic heterocycles. The van der Waals surface area contributed by atoms with Crippen molar-refractivity contribution < 1.29 is 19.4 Å². The van der Waals surface area contributed by atoms with Gasteiger partial charge in [0.1, 0.15) is 6.61 Å². The van der Waals surface area contributed by atoms with Gasteiger partial charge in [0.2, 0.25) is 0 Å². The van der Waals surface area contributed by atoms with E-state index < -0.39 is 12.2 Å². The summed E-state index contributed by atoms with van der Waals surface area (Å²) in [5.41, 5.74) is 0.944. The second-order valence-electron chi connectivity index (χ2n) is 5.11. The lowest BCUT2D eigenvalue weighted by Crippen LogP contribution is -2.38. The van der Waals surface area contributed by atoms with Gasteiger partial charge in [0.15, 0.2) is 0 Å². The molecule has 2 atom stereocenters. The zero-order valence-electron chi connectivity index (χ0n) is 11.7. The van der Waals surface area contributed by atoms with Crippen molar-refractivity contribution in [2.45, 2.75) is 19.1 Å². The highest BCUT2D eigenvalue weighted by molar-refractivity contribution is 5.67. The Morgan fingerprint density at radius 1 is 1.50 bits per heavy atom. The number of aliphatic hydroxyl groups excluding tert-OH is 1. The summed E-state index contributed by atoms with van der Waals surface area (Å²) in [5.74, 6) is 0.111. The largest absolute Gasteiger partial charge is 0.445 e. The van der Waals surface area contributed by atoms with Crippen LogP contribution in [0.2, 0.25) is 0 Å². The first-order valence-electron chi connectivity index (χ1n) is 6.84. The van der Waals surface area contributed by atoms with Gasteiger partial charge in [0.25, 0.3) is 0 Å². The summed E-state index contributed by atoms with van der Waals surface area (Å²) < 4.78 is 10.4. The number of rotatable bonds is 5. The van der Waals surface area contributed by atoms with E-state index in [0.717, 1.165) is 12.0 Å². The molecule has 5 heteroatoms. The molecule has 1 heterocycles. The van der Waals surface area contributed by atoms with Gasteiger partial charge >= 0.3 is 6.09 Å². The Bertz CT molecular complexity index is 417. The molecular formula is C15H21NO4. The van der Waals surface area contributed by atoms with Crippen LogP contribution in [0.3, 0.4) is 0 Å². The van der Waals surface area contributed by atoms with Crippen LogP contribution in [0.1, 0.15) is 12.0 Å². The van der Waals surface area contributed by atoms with Gasteiger partial charge in [-0.1, -0.05) is 30.3 Å². The lowest BCUT2D eigenvalue weighted by atomic mass is 10.0. The molecule has 1 aromatic carbocycles. The fourth-order valence-electron chi connectivity index (χ4n) is 2.19. The number of carbonyl (C=O) groups excluding carboxylic acids is 1. The lowest BCUT2D eigenvalue weighted by Gasteiger charge is -2.23. The predicted octanol–water partition coefficient (Wildman–Crippen LogP) is 1.65. The second kappa shape index (κ2) is 7.26. The normalized spacial score (nSPS) is 19.6. The molecule has 1 fully saturated rings. The van der Waals surface area contributed by atoms with Gasteiger partial charge in [-0.05, 0) is 12.0 Å². The molecular weight excluding hydrogens is 258 g/mol. The van der Waals surface area contributed by atoms with E-state index >= 15 is 0 Å². The van der Waals surface area contributed by atoms with Gasteiger partial charge in [-0.3, -0.25) is 0 Å². The summed E-state index contributed by atoms with van der Waals surface area (Å²) in [6, 6.07) is 9.51. The first kappa shape index (κ1) is 14.8. The summed E-state index contributed by atoms with van der Waals surface area (Å²) >= 11 is 0. The van der Waals surface area contributed by atoms with Crippen LogP contribution in [0.4, 0.5) is 4.79 Å². The van der Waals surface area contributed by atoms with E-state index in [1.54, 1.807) is 7.05 Å². The van der Waals surface area contributed by atoms with E-state index in [4.69, 9.17) is 9.47 Å². The van der Waals surface area contributed by atoms with Crippen LogP contribution >= 0.6 is 0 Å². The molecule has 0 aromatic heterocycles. The molecule has 0 aliphatic carbocycles. The predicted molar refractivity (Wildman–Crippen MR) is 74.2 cm³/mol. The molecule has 0 bridgehead atoms. The average Bonchev–Trinajstić information content (AvgIpc) is 3.00.